The molecule has 7 nitrogen and oxygen atoms in total. The van der Waals surface area contributed by atoms with Crippen molar-refractivity contribution in [3.63, 3.8) is 0 Å². The lowest BCUT2D eigenvalue weighted by atomic mass is 9.98. The van der Waals surface area contributed by atoms with Crippen molar-refractivity contribution in [1.82, 2.24) is 10.6 Å². The van der Waals surface area contributed by atoms with Gasteiger partial charge in [-0.25, -0.2) is 9.59 Å². The fraction of sp³-hybridized carbons (Fsp3) is 0.659. The third kappa shape index (κ3) is 19.7. The smallest absolute Gasteiger partial charge is 0.407 e. The van der Waals surface area contributed by atoms with Crippen LogP contribution in [-0.2, 0) is 14.3 Å². The second-order valence-corrected chi connectivity index (χ2v) is 13.6. The summed E-state index contributed by atoms with van der Waals surface area (Å²) in [4.78, 5) is 36.4. The van der Waals surface area contributed by atoms with E-state index in [1.165, 1.54) is 89.9 Å². The molecule has 1 aliphatic rings. The number of fused-ring (bicyclic) bond motifs is 3. The summed E-state index contributed by atoms with van der Waals surface area (Å²) in [5.41, 5.74) is 4.48. The van der Waals surface area contributed by atoms with Gasteiger partial charge in [0.1, 0.15) is 12.6 Å². The third-order valence-electron chi connectivity index (χ3n) is 9.39. The average Bonchev–Trinajstić information content (AvgIpc) is 3.46. The van der Waals surface area contributed by atoms with Gasteiger partial charge in [0.15, 0.2) is 0 Å². The molecule has 1 aliphatic carbocycles. The van der Waals surface area contributed by atoms with Gasteiger partial charge >= 0.3 is 12.1 Å². The maximum Gasteiger partial charge on any atom is 0.407 e. The lowest BCUT2D eigenvalue weighted by Gasteiger charge is -2.17. The van der Waals surface area contributed by atoms with Crippen LogP contribution in [0.4, 0.5) is 4.79 Å². The number of carbonyl (C=O) groups excluding carboxylic acids is 2. The first kappa shape index (κ1) is 45.7. The molecule has 2 amide bonds. The molecule has 0 fully saturated rings. The van der Waals surface area contributed by atoms with E-state index in [2.05, 4.69) is 43.5 Å². The molecule has 0 aliphatic heterocycles. The van der Waals surface area contributed by atoms with Crippen LogP contribution in [0, 0.1) is 0 Å². The van der Waals surface area contributed by atoms with Crippen molar-refractivity contribution in [2.24, 2.45) is 0 Å². The number of aliphatic carboxylic acids is 1. The van der Waals surface area contributed by atoms with Crippen LogP contribution < -0.4 is 10.6 Å². The first-order valence-electron chi connectivity index (χ1n) is 20.5. The van der Waals surface area contributed by atoms with E-state index in [1.54, 1.807) is 0 Å². The highest BCUT2D eigenvalue weighted by atomic mass is 16.5. The number of carboxylic acid groups (broad SMARTS) is 1. The largest absolute Gasteiger partial charge is 0.480 e. The predicted octanol–water partition coefficient (Wildman–Crippen LogP) is 12.0. The van der Waals surface area contributed by atoms with Gasteiger partial charge in [0.2, 0.25) is 5.91 Å². The number of nitrogens with one attached hydrogen (secondary N) is 2. The maximum absolute atomic E-state index is 12.5. The number of unbranched alkanes of at least 4 members (excludes halogenated alkanes) is 15. The Bertz CT molecular complexity index is 1150. The van der Waals surface area contributed by atoms with Gasteiger partial charge < -0.3 is 20.5 Å². The summed E-state index contributed by atoms with van der Waals surface area (Å²) in [6.07, 6.45) is 22.0. The van der Waals surface area contributed by atoms with E-state index in [9.17, 15) is 19.5 Å². The monoisotopic (exact) mass is 709 g/mol. The van der Waals surface area contributed by atoms with Gasteiger partial charge in [-0.1, -0.05) is 179 Å². The molecular weight excluding hydrogens is 636 g/mol. The van der Waals surface area contributed by atoms with Crippen LogP contribution in [0.25, 0.3) is 11.1 Å². The number of carboxylic acids is 1. The Hall–Kier alpha value is -3.35. The van der Waals surface area contributed by atoms with Crippen molar-refractivity contribution >= 4 is 18.0 Å². The number of benzene rings is 2. The van der Waals surface area contributed by atoms with Crippen molar-refractivity contribution in [3.05, 3.63) is 59.7 Å². The molecule has 3 N–H and O–H groups in total. The van der Waals surface area contributed by atoms with Crippen molar-refractivity contribution in [3.8, 4) is 11.1 Å². The summed E-state index contributed by atoms with van der Waals surface area (Å²) in [5.74, 6) is -1.12. The Morgan fingerprint density at radius 3 is 1.59 bits per heavy atom. The molecule has 1 unspecified atom stereocenters. The van der Waals surface area contributed by atoms with Gasteiger partial charge in [-0.15, -0.1) is 0 Å². The minimum atomic E-state index is -1.09. The first-order chi connectivity index (χ1) is 24.9. The fourth-order valence-corrected chi connectivity index (χ4v) is 6.49. The normalized spacial score (nSPS) is 11.9. The van der Waals surface area contributed by atoms with Gasteiger partial charge in [0.05, 0.1) is 0 Å². The highest BCUT2D eigenvalue weighted by Crippen LogP contribution is 2.44. The molecule has 2 aromatic carbocycles. The molecule has 3 rings (SSSR count). The van der Waals surface area contributed by atoms with Crippen LogP contribution in [0.15, 0.2) is 48.5 Å². The highest BCUT2D eigenvalue weighted by molar-refractivity contribution is 5.81. The van der Waals surface area contributed by atoms with Crippen molar-refractivity contribution in [2.45, 2.75) is 175 Å². The molecule has 0 radical (unpaired) electrons. The quantitative estimate of drug-likeness (QED) is 0.0891. The number of ether oxygens (including phenoxy) is 1. The lowest BCUT2D eigenvalue weighted by molar-refractivity contribution is -0.139. The van der Waals surface area contributed by atoms with Gasteiger partial charge in [-0.05, 0) is 47.9 Å². The summed E-state index contributed by atoms with van der Waals surface area (Å²) < 4.78 is 5.51. The summed E-state index contributed by atoms with van der Waals surface area (Å²) in [6.45, 7) is 11.3. The molecule has 0 saturated heterocycles. The van der Waals surface area contributed by atoms with Crippen molar-refractivity contribution in [2.75, 3.05) is 13.2 Å². The van der Waals surface area contributed by atoms with Crippen LogP contribution in [0.1, 0.15) is 180 Å². The predicted molar refractivity (Wildman–Crippen MR) is 213 cm³/mol. The Labute approximate surface area is 311 Å². The van der Waals surface area contributed by atoms with E-state index in [0.717, 1.165) is 35.1 Å². The summed E-state index contributed by atoms with van der Waals surface area (Å²) in [5, 5.41) is 15.1. The fourth-order valence-electron chi connectivity index (χ4n) is 6.49. The summed E-state index contributed by atoms with van der Waals surface area (Å²) >= 11 is 0. The molecule has 51 heavy (non-hydrogen) atoms. The molecule has 0 bridgehead atoms. The Morgan fingerprint density at radius 1 is 0.647 bits per heavy atom. The second-order valence-electron chi connectivity index (χ2n) is 13.6. The topological polar surface area (TPSA) is 105 Å². The minimum Gasteiger partial charge on any atom is -0.480 e. The van der Waals surface area contributed by atoms with E-state index in [-0.39, 0.29) is 24.9 Å². The van der Waals surface area contributed by atoms with E-state index in [4.69, 9.17) is 4.74 Å². The Balaban J connectivity index is 0.00000170. The maximum atomic E-state index is 12.5. The molecule has 0 heterocycles. The lowest BCUT2D eigenvalue weighted by Crippen LogP contribution is -2.41. The minimum absolute atomic E-state index is 0.0552. The molecule has 7 heteroatoms. The van der Waals surface area contributed by atoms with E-state index >= 15 is 0 Å². The molecule has 2 aromatic rings. The zero-order valence-electron chi connectivity index (χ0n) is 32.9. The van der Waals surface area contributed by atoms with Gasteiger partial charge in [-0.2, -0.15) is 0 Å². The SMILES string of the molecule is CC.CCCCC.CCCCCCCCCCCCCCCC(=O)NCCCCC(NC(=O)OCC1c2ccccc2-c2ccccc21)C(=O)O. The molecule has 0 saturated carbocycles. The zero-order valence-corrected chi connectivity index (χ0v) is 32.9. The van der Waals surface area contributed by atoms with E-state index in [0.29, 0.717) is 25.8 Å². The summed E-state index contributed by atoms with van der Waals surface area (Å²) in [7, 11) is 0. The van der Waals surface area contributed by atoms with E-state index in [1.807, 2.05) is 50.2 Å². The Kier molecular flexibility index (Phi) is 27.1. The third-order valence-corrected chi connectivity index (χ3v) is 9.39. The second kappa shape index (κ2) is 30.3. The summed E-state index contributed by atoms with van der Waals surface area (Å²) in [6, 6.07) is 15.1. The van der Waals surface area contributed by atoms with Crippen molar-refractivity contribution < 1.29 is 24.2 Å². The number of rotatable bonds is 25. The standard InChI is InChI=1S/C37H54N2O5.C5H12.C2H6/c1-2-3-4-5-6-7-8-9-10-11-12-13-14-26-35(40)38-27-20-19-25-34(36(41)42)39-37(43)44-28-33-31-23-17-15-21-29(31)30-22-16-18-24-32(30)33;1-3-5-4-2;1-2/h15-18,21-24,33-34H,2-14,19-20,25-28H2,1H3,(H,38,40)(H,39,43)(H,41,42);3-5H2,1-2H3;1-2H3. The molecule has 288 valence electrons. The number of carbonyl (C=O) groups is 3. The average molecular weight is 709 g/mol. The molecule has 0 spiro atoms. The van der Waals surface area contributed by atoms with Crippen LogP contribution >= 0.6 is 0 Å². The number of alkyl carbamates (subject to hydrolysis) is 1. The van der Waals surface area contributed by atoms with Crippen LogP contribution in [0.5, 0.6) is 0 Å². The molecule has 1 atom stereocenters. The van der Waals surface area contributed by atoms with Crippen LogP contribution in [-0.4, -0.2) is 42.3 Å². The Morgan fingerprint density at radius 2 is 1.12 bits per heavy atom. The van der Waals surface area contributed by atoms with Gasteiger partial charge in [0.25, 0.3) is 0 Å². The van der Waals surface area contributed by atoms with Gasteiger partial charge in [-0.3, -0.25) is 4.79 Å². The molecular formula is C44H72N2O5. The first-order valence-corrected chi connectivity index (χ1v) is 20.5. The van der Waals surface area contributed by atoms with Gasteiger partial charge in [0, 0.05) is 18.9 Å². The molecule has 0 aromatic heterocycles. The zero-order chi connectivity index (χ0) is 37.5. The van der Waals surface area contributed by atoms with Crippen molar-refractivity contribution in [1.29, 1.82) is 0 Å². The number of hydrogen-bond donors (Lipinski definition) is 3. The number of amides is 2. The van der Waals surface area contributed by atoms with Crippen LogP contribution in [0.3, 0.4) is 0 Å². The highest BCUT2D eigenvalue weighted by Gasteiger charge is 2.29. The number of hydrogen-bond acceptors (Lipinski definition) is 4. The van der Waals surface area contributed by atoms with E-state index < -0.39 is 18.1 Å². The van der Waals surface area contributed by atoms with Crippen LogP contribution in [0.2, 0.25) is 0 Å².